The van der Waals surface area contributed by atoms with Crippen LogP contribution in [-0.4, -0.2) is 43.0 Å². The molecule has 0 aliphatic rings. The van der Waals surface area contributed by atoms with Crippen LogP contribution < -0.4 is 4.74 Å². The van der Waals surface area contributed by atoms with E-state index in [1.807, 2.05) is 24.3 Å². The summed E-state index contributed by atoms with van der Waals surface area (Å²) in [7, 11) is 2.85. The third-order valence-corrected chi connectivity index (χ3v) is 4.54. The number of methoxy groups -OCH3 is 2. The molecule has 0 radical (unpaired) electrons. The molecule has 0 fully saturated rings. The predicted molar refractivity (Wildman–Crippen MR) is 103 cm³/mol. The van der Waals surface area contributed by atoms with E-state index in [9.17, 15) is 14.4 Å². The second-order valence-corrected chi connectivity index (χ2v) is 6.42. The maximum absolute atomic E-state index is 12.7. The average molecular weight is 387 g/mol. The van der Waals surface area contributed by atoms with Crippen LogP contribution in [0.1, 0.15) is 51.0 Å². The second-order valence-electron chi connectivity index (χ2n) is 6.42. The number of aromatic nitrogens is 1. The molecule has 1 unspecified atom stereocenters. The molecule has 1 aromatic heterocycles. The van der Waals surface area contributed by atoms with Gasteiger partial charge in [-0.15, -0.1) is 0 Å². The number of rotatable bonds is 8. The molecule has 7 nitrogen and oxygen atoms in total. The molecule has 1 heterocycles. The van der Waals surface area contributed by atoms with Crippen molar-refractivity contribution in [3.05, 3.63) is 52.3 Å². The summed E-state index contributed by atoms with van der Waals surface area (Å²) in [5, 5.41) is 0. The number of hydrogen-bond donors (Lipinski definition) is 1. The molecule has 0 bridgehead atoms. The number of hydrogen-bond acceptors (Lipinski definition) is 6. The fourth-order valence-corrected chi connectivity index (χ4v) is 3.06. The molecule has 28 heavy (non-hydrogen) atoms. The summed E-state index contributed by atoms with van der Waals surface area (Å²) in [6.07, 6.45) is -0.419. The largest absolute Gasteiger partial charge is 0.496 e. The first-order chi connectivity index (χ1) is 13.3. The smallest absolute Gasteiger partial charge is 0.339 e. The lowest BCUT2D eigenvalue weighted by atomic mass is 10.1. The Bertz CT molecular complexity index is 883. The Morgan fingerprint density at radius 2 is 1.79 bits per heavy atom. The van der Waals surface area contributed by atoms with Crippen LogP contribution in [0.3, 0.4) is 0 Å². The third-order valence-electron chi connectivity index (χ3n) is 4.54. The Morgan fingerprint density at radius 3 is 2.43 bits per heavy atom. The summed E-state index contributed by atoms with van der Waals surface area (Å²) < 4.78 is 15.3. The molecule has 0 amide bonds. The van der Waals surface area contributed by atoms with Crippen molar-refractivity contribution in [3.8, 4) is 5.75 Å². The number of Topliss-reactive ketones (excluding diaryl/α,β-unsaturated/α-hetero) is 1. The number of aromatic amines is 1. The number of para-hydroxylation sites is 1. The van der Waals surface area contributed by atoms with E-state index in [-0.39, 0.29) is 12.1 Å². The summed E-state index contributed by atoms with van der Waals surface area (Å²) in [5.74, 6) is -0.707. The molecule has 0 saturated heterocycles. The number of esters is 2. The Hall–Kier alpha value is -3.09. The minimum atomic E-state index is -0.979. The fraction of sp³-hybridized carbons (Fsp3) is 0.381. The van der Waals surface area contributed by atoms with Gasteiger partial charge in [0.25, 0.3) is 0 Å². The lowest BCUT2D eigenvalue weighted by Crippen LogP contribution is -2.25. The number of carbonyl (C=O) groups excluding carboxylic acids is 3. The van der Waals surface area contributed by atoms with Gasteiger partial charge in [0, 0.05) is 12.1 Å². The zero-order valence-electron chi connectivity index (χ0n) is 16.8. The van der Waals surface area contributed by atoms with Crippen molar-refractivity contribution in [2.24, 2.45) is 0 Å². The lowest BCUT2D eigenvalue weighted by molar-refractivity contribution is -0.146. The first kappa shape index (κ1) is 21.2. The molecule has 1 atom stereocenters. The van der Waals surface area contributed by atoms with Crippen LogP contribution >= 0.6 is 0 Å². The first-order valence-electron chi connectivity index (χ1n) is 8.93. The molecule has 2 rings (SSSR count). The van der Waals surface area contributed by atoms with Gasteiger partial charge in [-0.3, -0.25) is 9.59 Å². The maximum Gasteiger partial charge on any atom is 0.339 e. The molecule has 1 N–H and O–H groups in total. The average Bonchev–Trinajstić information content (AvgIpc) is 2.99. The van der Waals surface area contributed by atoms with Crippen molar-refractivity contribution >= 4 is 17.7 Å². The number of H-pyrrole nitrogens is 1. The van der Waals surface area contributed by atoms with Gasteiger partial charge in [0.15, 0.2) is 6.10 Å². The standard InChI is InChI=1S/C21H25NO6/c1-12-18(21(25)27-5)13(2)22-19(12)20(24)14(3)28-17(23)11-10-15-8-6-7-9-16(15)26-4/h6-9,14,22H,10-11H2,1-5H3. The molecular formula is C21H25NO6. The van der Waals surface area contributed by atoms with E-state index in [4.69, 9.17) is 14.2 Å². The highest BCUT2D eigenvalue weighted by Crippen LogP contribution is 2.22. The number of ketones is 1. The number of benzene rings is 1. The first-order valence-corrected chi connectivity index (χ1v) is 8.93. The van der Waals surface area contributed by atoms with E-state index in [2.05, 4.69) is 4.98 Å². The van der Waals surface area contributed by atoms with Crippen LogP contribution in [0.2, 0.25) is 0 Å². The van der Waals surface area contributed by atoms with Gasteiger partial charge in [-0.05, 0) is 44.4 Å². The van der Waals surface area contributed by atoms with Crippen LogP contribution in [0, 0.1) is 13.8 Å². The monoisotopic (exact) mass is 387 g/mol. The van der Waals surface area contributed by atoms with Gasteiger partial charge in [0.05, 0.1) is 25.5 Å². The summed E-state index contributed by atoms with van der Waals surface area (Å²) >= 11 is 0. The predicted octanol–water partition coefficient (Wildman–Crippen LogP) is 3.17. The molecule has 150 valence electrons. The SMILES string of the molecule is COC(=O)c1c(C)[nH]c(C(=O)C(C)OC(=O)CCc2ccccc2OC)c1C. The van der Waals surface area contributed by atoms with E-state index in [1.54, 1.807) is 21.0 Å². The van der Waals surface area contributed by atoms with Crippen molar-refractivity contribution in [2.75, 3.05) is 14.2 Å². The maximum atomic E-state index is 12.7. The minimum absolute atomic E-state index is 0.119. The van der Waals surface area contributed by atoms with Crippen molar-refractivity contribution in [1.29, 1.82) is 0 Å². The van der Waals surface area contributed by atoms with Gasteiger partial charge >= 0.3 is 11.9 Å². The van der Waals surface area contributed by atoms with E-state index < -0.39 is 23.8 Å². The molecule has 0 saturated carbocycles. The van der Waals surface area contributed by atoms with Crippen molar-refractivity contribution in [2.45, 2.75) is 39.7 Å². The number of ether oxygens (including phenoxy) is 3. The molecule has 7 heteroatoms. The normalized spacial score (nSPS) is 11.6. The Kier molecular flexibility index (Phi) is 6.98. The van der Waals surface area contributed by atoms with Gasteiger partial charge < -0.3 is 19.2 Å². The van der Waals surface area contributed by atoms with Crippen LogP contribution in [0.25, 0.3) is 0 Å². The summed E-state index contributed by atoms with van der Waals surface area (Å²) in [4.78, 5) is 39.6. The number of aryl methyl sites for hydroxylation is 2. The quantitative estimate of drug-likeness (QED) is 0.552. The van der Waals surface area contributed by atoms with E-state index in [0.29, 0.717) is 29.0 Å². The van der Waals surface area contributed by atoms with Crippen LogP contribution in [0.15, 0.2) is 24.3 Å². The van der Waals surface area contributed by atoms with Crippen LogP contribution in [0.5, 0.6) is 5.75 Å². The topological polar surface area (TPSA) is 94.7 Å². The molecular weight excluding hydrogens is 362 g/mol. The zero-order chi connectivity index (χ0) is 20.8. The van der Waals surface area contributed by atoms with Gasteiger partial charge in [-0.2, -0.15) is 0 Å². The summed E-state index contributed by atoms with van der Waals surface area (Å²) in [5.41, 5.74) is 2.46. The molecule has 0 aliphatic carbocycles. The van der Waals surface area contributed by atoms with Gasteiger partial charge in [-0.1, -0.05) is 18.2 Å². The highest BCUT2D eigenvalue weighted by molar-refractivity contribution is 6.03. The number of nitrogens with one attached hydrogen (secondary N) is 1. The number of carbonyl (C=O) groups is 3. The highest BCUT2D eigenvalue weighted by atomic mass is 16.5. The molecule has 1 aromatic carbocycles. The summed E-state index contributed by atoms with van der Waals surface area (Å²) in [6.45, 7) is 4.84. The summed E-state index contributed by atoms with van der Waals surface area (Å²) in [6, 6.07) is 7.41. The van der Waals surface area contributed by atoms with Gasteiger partial charge in [0.2, 0.25) is 5.78 Å². The Labute approximate surface area is 164 Å². The van der Waals surface area contributed by atoms with Crippen molar-refractivity contribution < 1.29 is 28.6 Å². The highest BCUT2D eigenvalue weighted by Gasteiger charge is 2.27. The minimum Gasteiger partial charge on any atom is -0.496 e. The van der Waals surface area contributed by atoms with Gasteiger partial charge in [0.1, 0.15) is 5.75 Å². The molecule has 0 spiro atoms. The zero-order valence-corrected chi connectivity index (χ0v) is 16.8. The van der Waals surface area contributed by atoms with E-state index >= 15 is 0 Å². The van der Waals surface area contributed by atoms with E-state index in [0.717, 1.165) is 5.56 Å². The molecule has 2 aromatic rings. The Balaban J connectivity index is 2.02. The third kappa shape index (κ3) is 4.60. The second kappa shape index (κ2) is 9.21. The van der Waals surface area contributed by atoms with Gasteiger partial charge in [-0.25, -0.2) is 4.79 Å². The van der Waals surface area contributed by atoms with Crippen molar-refractivity contribution in [1.82, 2.24) is 4.98 Å². The fourth-order valence-electron chi connectivity index (χ4n) is 3.06. The van der Waals surface area contributed by atoms with Crippen LogP contribution in [0.4, 0.5) is 0 Å². The van der Waals surface area contributed by atoms with Crippen molar-refractivity contribution in [3.63, 3.8) is 0 Å². The van der Waals surface area contributed by atoms with Crippen LogP contribution in [-0.2, 0) is 20.7 Å². The lowest BCUT2D eigenvalue weighted by Gasteiger charge is -2.13. The molecule has 0 aliphatic heterocycles. The van der Waals surface area contributed by atoms with E-state index in [1.165, 1.54) is 14.0 Å². The Morgan fingerprint density at radius 1 is 1.11 bits per heavy atom.